The monoisotopic (exact) mass is 697 g/mol. The molecule has 2 aromatic carbocycles. The van der Waals surface area contributed by atoms with Crippen molar-refractivity contribution >= 4 is 51.7 Å². The standard InChI is InChI=1S/C38H47N7O2S2/c1-7-32(46)45-21-20-44(22-28(45)16-18-39)34-29-17-19-43(31-13-9-12-26-11-8-10-25(2)33(26)31)23-30(29)40-36(41-34)47-24-48-37(3,4)42(6)35-38(5,49-35)27-14-15-27/h7-13,27-28,35H,1,14-17,19-24H2,2-6H3/t28-,35?,38-/m0/s1. The number of benzene rings is 2. The van der Waals surface area contributed by atoms with Gasteiger partial charge in [-0.05, 0) is 83.0 Å². The first-order valence-electron chi connectivity index (χ1n) is 17.4. The summed E-state index contributed by atoms with van der Waals surface area (Å²) in [7, 11) is 2.24. The van der Waals surface area contributed by atoms with Crippen LogP contribution in [0, 0.1) is 24.2 Å². The van der Waals surface area contributed by atoms with Crippen LogP contribution < -0.4 is 14.5 Å². The number of aryl methyl sites for hydroxylation is 1. The van der Waals surface area contributed by atoms with Crippen LogP contribution in [0.5, 0.6) is 6.01 Å². The van der Waals surface area contributed by atoms with E-state index < -0.39 is 0 Å². The van der Waals surface area contributed by atoms with Gasteiger partial charge in [-0.3, -0.25) is 9.69 Å². The topological polar surface area (TPSA) is 88.8 Å². The molecule has 1 aromatic heterocycles. The smallest absolute Gasteiger partial charge is 0.319 e. The molecule has 3 atom stereocenters. The SMILES string of the molecule is C=CC(=O)N1CCN(c2nc(OCSC(C)(C)N(C)C3S[C@@]3(C)C3CC3)nc3c2CCN(c2cccc4cccc(C)c24)C3)C[C@@H]1CC#N. The van der Waals surface area contributed by atoms with Gasteiger partial charge in [-0.2, -0.15) is 15.2 Å². The van der Waals surface area contributed by atoms with E-state index in [4.69, 9.17) is 14.7 Å². The summed E-state index contributed by atoms with van der Waals surface area (Å²) < 4.78 is 6.79. The summed E-state index contributed by atoms with van der Waals surface area (Å²) in [5, 5.41) is 12.7. The largest absolute Gasteiger partial charge is 0.452 e. The lowest BCUT2D eigenvalue weighted by Gasteiger charge is -2.42. The minimum atomic E-state index is -0.244. The van der Waals surface area contributed by atoms with Gasteiger partial charge in [0.15, 0.2) is 0 Å². The summed E-state index contributed by atoms with van der Waals surface area (Å²) in [6.07, 6.45) is 5.09. The molecule has 0 N–H and O–H groups in total. The lowest BCUT2D eigenvalue weighted by Crippen LogP contribution is -2.55. The number of hydrogen-bond acceptors (Lipinski definition) is 10. The Morgan fingerprint density at radius 2 is 1.98 bits per heavy atom. The zero-order valence-corrected chi connectivity index (χ0v) is 30.9. The maximum atomic E-state index is 12.7. The highest BCUT2D eigenvalue weighted by Crippen LogP contribution is 2.66. The van der Waals surface area contributed by atoms with Gasteiger partial charge in [0.25, 0.3) is 0 Å². The summed E-state index contributed by atoms with van der Waals surface area (Å²) in [5.41, 5.74) is 4.56. The Labute approximate surface area is 299 Å². The van der Waals surface area contributed by atoms with E-state index in [1.165, 1.54) is 40.9 Å². The molecular weight excluding hydrogens is 651 g/mol. The quantitative estimate of drug-likeness (QED) is 0.124. The first-order chi connectivity index (χ1) is 23.5. The molecule has 4 heterocycles. The lowest BCUT2D eigenvalue weighted by molar-refractivity contribution is -0.128. The molecule has 3 aliphatic heterocycles. The average molecular weight is 698 g/mol. The van der Waals surface area contributed by atoms with Gasteiger partial charge >= 0.3 is 6.01 Å². The normalized spacial score (nSPS) is 23.7. The molecule has 3 fully saturated rings. The second kappa shape index (κ2) is 13.3. The summed E-state index contributed by atoms with van der Waals surface area (Å²) >= 11 is 3.87. The van der Waals surface area contributed by atoms with Gasteiger partial charge < -0.3 is 19.4 Å². The summed E-state index contributed by atoms with van der Waals surface area (Å²) in [6.45, 7) is 15.9. The molecule has 4 aliphatic rings. The van der Waals surface area contributed by atoms with E-state index >= 15 is 0 Å². The third-order valence-electron chi connectivity index (χ3n) is 11.0. The Bertz CT molecular complexity index is 1800. The molecule has 49 heavy (non-hydrogen) atoms. The number of nitriles is 1. The van der Waals surface area contributed by atoms with E-state index in [0.29, 0.717) is 48.2 Å². The zero-order valence-electron chi connectivity index (χ0n) is 29.3. The number of carbonyl (C=O) groups excluding carboxylic acids is 1. The van der Waals surface area contributed by atoms with Gasteiger partial charge in [-0.25, -0.2) is 0 Å². The minimum absolute atomic E-state index is 0.122. The minimum Gasteiger partial charge on any atom is -0.452 e. The second-order valence-electron chi connectivity index (χ2n) is 14.5. The predicted octanol–water partition coefficient (Wildman–Crippen LogP) is 6.60. The van der Waals surface area contributed by atoms with Crippen LogP contribution in [0.3, 0.4) is 0 Å². The van der Waals surface area contributed by atoms with E-state index in [-0.39, 0.29) is 23.2 Å². The van der Waals surface area contributed by atoms with Crippen molar-refractivity contribution in [3.8, 4) is 12.1 Å². The number of rotatable bonds is 11. The molecule has 9 nitrogen and oxygen atoms in total. The van der Waals surface area contributed by atoms with Crippen LogP contribution in [-0.4, -0.2) is 85.9 Å². The van der Waals surface area contributed by atoms with Gasteiger partial charge in [-0.15, -0.1) is 11.8 Å². The third kappa shape index (κ3) is 6.60. The lowest BCUT2D eigenvalue weighted by atomic mass is 9.99. The highest BCUT2D eigenvalue weighted by Gasteiger charge is 2.63. The van der Waals surface area contributed by atoms with E-state index in [1.54, 1.807) is 16.7 Å². The number of piperazine rings is 1. The van der Waals surface area contributed by atoms with Crippen LogP contribution in [0.15, 0.2) is 49.1 Å². The van der Waals surface area contributed by atoms with E-state index in [9.17, 15) is 10.1 Å². The van der Waals surface area contributed by atoms with Crippen molar-refractivity contribution in [2.24, 2.45) is 5.92 Å². The van der Waals surface area contributed by atoms with Crippen molar-refractivity contribution in [3.63, 3.8) is 0 Å². The van der Waals surface area contributed by atoms with Crippen LogP contribution in [0.4, 0.5) is 11.5 Å². The fraction of sp³-hybridized carbons (Fsp3) is 0.526. The molecule has 7 rings (SSSR count). The van der Waals surface area contributed by atoms with Crippen molar-refractivity contribution in [2.75, 3.05) is 49.0 Å². The first kappa shape index (κ1) is 34.0. The molecule has 0 spiro atoms. The van der Waals surface area contributed by atoms with E-state index in [1.807, 2.05) is 0 Å². The number of nitrogens with zero attached hydrogens (tertiary/aromatic N) is 7. The number of anilines is 2. The number of ether oxygens (including phenoxy) is 1. The Hall–Kier alpha value is -3.46. The molecule has 3 aromatic rings. The van der Waals surface area contributed by atoms with E-state index in [0.717, 1.165) is 36.0 Å². The summed E-state index contributed by atoms with van der Waals surface area (Å²) in [4.78, 5) is 31.6. The number of thioether (sulfide) groups is 2. The van der Waals surface area contributed by atoms with Gasteiger partial charge in [0.2, 0.25) is 5.91 Å². The molecule has 11 heteroatoms. The number of fused-ring (bicyclic) bond motifs is 2. The van der Waals surface area contributed by atoms with Crippen molar-refractivity contribution in [1.82, 2.24) is 19.8 Å². The summed E-state index contributed by atoms with van der Waals surface area (Å²) in [6, 6.07) is 15.4. The third-order valence-corrected chi connectivity index (χ3v) is 14.1. The Balaban J connectivity index is 1.15. The second-order valence-corrected chi connectivity index (χ2v) is 17.6. The Morgan fingerprint density at radius 3 is 2.71 bits per heavy atom. The highest BCUT2D eigenvalue weighted by atomic mass is 32.2. The molecule has 0 bridgehead atoms. The summed E-state index contributed by atoms with van der Waals surface area (Å²) in [5.74, 6) is 2.00. The molecule has 258 valence electrons. The molecule has 1 saturated carbocycles. The van der Waals surface area contributed by atoms with Crippen LogP contribution in [0.25, 0.3) is 10.8 Å². The molecule has 1 unspecified atom stereocenters. The fourth-order valence-electron chi connectivity index (χ4n) is 7.66. The van der Waals surface area contributed by atoms with Crippen molar-refractivity contribution in [2.45, 2.75) is 81.0 Å². The van der Waals surface area contributed by atoms with Crippen molar-refractivity contribution in [1.29, 1.82) is 5.26 Å². The number of carbonyl (C=O) groups is 1. The molecule has 1 amide bonds. The molecule has 0 radical (unpaired) electrons. The van der Waals surface area contributed by atoms with E-state index in [2.05, 4.69) is 110 Å². The number of amides is 1. The van der Waals surface area contributed by atoms with Crippen LogP contribution in [0.1, 0.15) is 56.9 Å². The molecule has 2 saturated heterocycles. The van der Waals surface area contributed by atoms with Gasteiger partial charge in [0, 0.05) is 47.6 Å². The maximum absolute atomic E-state index is 12.7. The highest BCUT2D eigenvalue weighted by molar-refractivity contribution is 8.08. The van der Waals surface area contributed by atoms with Crippen molar-refractivity contribution < 1.29 is 9.53 Å². The zero-order chi connectivity index (χ0) is 34.5. The number of hydrogen-bond donors (Lipinski definition) is 0. The van der Waals surface area contributed by atoms with Gasteiger partial charge in [-0.1, -0.05) is 48.7 Å². The van der Waals surface area contributed by atoms with Crippen LogP contribution in [-0.2, 0) is 17.8 Å². The molecule has 1 aliphatic carbocycles. The predicted molar refractivity (Wildman–Crippen MR) is 201 cm³/mol. The van der Waals surface area contributed by atoms with Gasteiger partial charge in [0.1, 0.15) is 11.8 Å². The van der Waals surface area contributed by atoms with Gasteiger partial charge in [0.05, 0.1) is 41.0 Å². The Morgan fingerprint density at radius 1 is 1.20 bits per heavy atom. The first-order valence-corrected chi connectivity index (χ1v) is 19.3. The number of aromatic nitrogens is 2. The molecular formula is C38H47N7O2S2. The van der Waals surface area contributed by atoms with Crippen LogP contribution >= 0.6 is 23.5 Å². The van der Waals surface area contributed by atoms with Crippen LogP contribution in [0.2, 0.25) is 0 Å². The van der Waals surface area contributed by atoms with Crippen molar-refractivity contribution in [3.05, 3.63) is 65.9 Å². The average Bonchev–Trinajstić information content (AvgIpc) is 4.04. The Kier molecular flexibility index (Phi) is 9.26. The maximum Gasteiger partial charge on any atom is 0.319 e. The fourth-order valence-corrected chi connectivity index (χ4v) is 10.1.